The smallest absolute Gasteiger partial charge is 0.294 e. The van der Waals surface area contributed by atoms with Crippen LogP contribution in [0, 0.1) is 17.0 Å². The number of anilines is 1. The largest absolute Gasteiger partial charge is 0.362 e. The minimum Gasteiger partial charge on any atom is -0.362 e. The Morgan fingerprint density at radius 1 is 1.08 bits per heavy atom. The van der Waals surface area contributed by atoms with Crippen LogP contribution < -0.4 is 4.90 Å². The molecule has 3 rings (SSSR count). The van der Waals surface area contributed by atoms with Crippen LogP contribution in [0.3, 0.4) is 0 Å². The first-order chi connectivity index (χ1) is 12.4. The van der Waals surface area contributed by atoms with Gasteiger partial charge >= 0.3 is 0 Å². The molecule has 0 unspecified atom stereocenters. The summed E-state index contributed by atoms with van der Waals surface area (Å²) in [6.45, 7) is 3.85. The zero-order valence-corrected chi connectivity index (χ0v) is 15.6. The maximum absolute atomic E-state index is 12.6. The number of aryl methyl sites for hydroxylation is 1. The molecule has 0 spiro atoms. The zero-order valence-electron chi connectivity index (χ0n) is 14.1. The van der Waals surface area contributed by atoms with Gasteiger partial charge in [-0.3, -0.25) is 14.9 Å². The van der Waals surface area contributed by atoms with Crippen LogP contribution in [-0.4, -0.2) is 41.9 Å². The molecule has 2 aromatic carbocycles. The molecular weight excluding hydrogens is 377 g/mol. The number of rotatable bonds is 3. The second kappa shape index (κ2) is 7.51. The standard InChI is InChI=1S/C18H17Cl2N3O3/c1-12-2-3-13(10-15(12)20)18(24)22-8-6-21(7-9-22)16-5-4-14(19)11-17(16)23(25)26/h2-5,10-11H,6-9H2,1H3. The van der Waals surface area contributed by atoms with E-state index in [4.69, 9.17) is 23.2 Å². The van der Waals surface area contributed by atoms with Crippen molar-refractivity contribution in [3.05, 3.63) is 67.7 Å². The van der Waals surface area contributed by atoms with Crippen molar-refractivity contribution in [3.63, 3.8) is 0 Å². The van der Waals surface area contributed by atoms with Crippen molar-refractivity contribution in [2.75, 3.05) is 31.1 Å². The molecule has 1 aliphatic rings. The van der Waals surface area contributed by atoms with Crippen LogP contribution in [0.2, 0.25) is 10.0 Å². The molecule has 0 radical (unpaired) electrons. The summed E-state index contributed by atoms with van der Waals surface area (Å²) in [5, 5.41) is 12.2. The summed E-state index contributed by atoms with van der Waals surface area (Å²) in [6.07, 6.45) is 0. The first kappa shape index (κ1) is 18.5. The zero-order chi connectivity index (χ0) is 18.8. The fraction of sp³-hybridized carbons (Fsp3) is 0.278. The highest BCUT2D eigenvalue weighted by Gasteiger charge is 2.26. The molecule has 6 nitrogen and oxygen atoms in total. The molecule has 0 N–H and O–H groups in total. The second-order valence-corrected chi connectivity index (χ2v) is 6.98. The van der Waals surface area contributed by atoms with Gasteiger partial charge in [-0.15, -0.1) is 0 Å². The van der Waals surface area contributed by atoms with E-state index < -0.39 is 4.92 Å². The van der Waals surface area contributed by atoms with E-state index in [9.17, 15) is 14.9 Å². The average molecular weight is 394 g/mol. The lowest BCUT2D eigenvalue weighted by atomic mass is 10.1. The van der Waals surface area contributed by atoms with E-state index >= 15 is 0 Å². The summed E-state index contributed by atoms with van der Waals surface area (Å²) in [5.41, 5.74) is 1.96. The van der Waals surface area contributed by atoms with E-state index in [2.05, 4.69) is 0 Å². The number of piperazine rings is 1. The first-order valence-corrected chi connectivity index (χ1v) is 8.86. The molecule has 1 heterocycles. The van der Waals surface area contributed by atoms with Gasteiger partial charge in [0.15, 0.2) is 0 Å². The van der Waals surface area contributed by atoms with Crippen LogP contribution in [0.5, 0.6) is 0 Å². The first-order valence-electron chi connectivity index (χ1n) is 8.11. The Morgan fingerprint density at radius 3 is 2.38 bits per heavy atom. The molecule has 26 heavy (non-hydrogen) atoms. The summed E-state index contributed by atoms with van der Waals surface area (Å²) in [4.78, 5) is 27.1. The van der Waals surface area contributed by atoms with Crippen molar-refractivity contribution < 1.29 is 9.72 Å². The Morgan fingerprint density at radius 2 is 1.77 bits per heavy atom. The summed E-state index contributed by atoms with van der Waals surface area (Å²) in [6, 6.07) is 9.90. The fourth-order valence-electron chi connectivity index (χ4n) is 2.97. The topological polar surface area (TPSA) is 66.7 Å². The Bertz CT molecular complexity index is 865. The van der Waals surface area contributed by atoms with Gasteiger partial charge in [-0.25, -0.2) is 0 Å². The quantitative estimate of drug-likeness (QED) is 0.579. The molecule has 136 valence electrons. The predicted molar refractivity (Wildman–Crippen MR) is 102 cm³/mol. The van der Waals surface area contributed by atoms with Crippen molar-refractivity contribution in [1.82, 2.24) is 4.90 Å². The van der Waals surface area contributed by atoms with Crippen molar-refractivity contribution in [2.24, 2.45) is 0 Å². The van der Waals surface area contributed by atoms with Crippen molar-refractivity contribution >= 4 is 40.5 Å². The summed E-state index contributed by atoms with van der Waals surface area (Å²) in [7, 11) is 0. The highest BCUT2D eigenvalue weighted by Crippen LogP contribution is 2.31. The van der Waals surface area contributed by atoms with Gasteiger partial charge in [0.1, 0.15) is 5.69 Å². The van der Waals surface area contributed by atoms with Crippen molar-refractivity contribution in [3.8, 4) is 0 Å². The number of nitrogens with zero attached hydrogens (tertiary/aromatic N) is 3. The van der Waals surface area contributed by atoms with Crippen LogP contribution in [0.1, 0.15) is 15.9 Å². The van der Waals surface area contributed by atoms with Gasteiger partial charge in [-0.05, 0) is 36.8 Å². The number of hydrogen-bond acceptors (Lipinski definition) is 4. The molecule has 0 aromatic heterocycles. The maximum Gasteiger partial charge on any atom is 0.294 e. The molecule has 0 bridgehead atoms. The van der Waals surface area contributed by atoms with Gasteiger partial charge < -0.3 is 9.80 Å². The lowest BCUT2D eigenvalue weighted by Crippen LogP contribution is -2.49. The Hall–Kier alpha value is -2.31. The number of amides is 1. The number of carbonyl (C=O) groups excluding carboxylic acids is 1. The molecule has 1 aliphatic heterocycles. The molecule has 8 heteroatoms. The molecule has 0 aliphatic carbocycles. The molecule has 0 atom stereocenters. The molecule has 2 aromatic rings. The van der Waals surface area contributed by atoms with Gasteiger partial charge in [0, 0.05) is 47.9 Å². The third-order valence-corrected chi connectivity index (χ3v) is 5.10. The Labute approximate surface area is 161 Å². The van der Waals surface area contributed by atoms with E-state index in [0.717, 1.165) is 5.56 Å². The maximum atomic E-state index is 12.6. The summed E-state index contributed by atoms with van der Waals surface area (Å²) in [5.74, 6) is -0.0860. The average Bonchev–Trinajstić information content (AvgIpc) is 2.63. The lowest BCUT2D eigenvalue weighted by molar-refractivity contribution is -0.384. The monoisotopic (exact) mass is 393 g/mol. The molecule has 1 saturated heterocycles. The van der Waals surface area contributed by atoms with Gasteiger partial charge in [0.2, 0.25) is 0 Å². The van der Waals surface area contributed by atoms with Crippen LogP contribution in [0.4, 0.5) is 11.4 Å². The second-order valence-electron chi connectivity index (χ2n) is 6.13. The lowest BCUT2D eigenvalue weighted by Gasteiger charge is -2.35. The van der Waals surface area contributed by atoms with Crippen LogP contribution >= 0.6 is 23.2 Å². The predicted octanol–water partition coefficient (Wildman–Crippen LogP) is 4.17. The normalized spacial score (nSPS) is 14.4. The number of benzene rings is 2. The van der Waals surface area contributed by atoms with E-state index in [0.29, 0.717) is 47.5 Å². The minimum atomic E-state index is -0.437. The van der Waals surface area contributed by atoms with Gasteiger partial charge in [-0.1, -0.05) is 29.3 Å². The van der Waals surface area contributed by atoms with E-state index in [1.807, 2.05) is 17.9 Å². The van der Waals surface area contributed by atoms with E-state index in [1.165, 1.54) is 6.07 Å². The van der Waals surface area contributed by atoms with Crippen LogP contribution in [-0.2, 0) is 0 Å². The van der Waals surface area contributed by atoms with Gasteiger partial charge in [0.05, 0.1) is 4.92 Å². The Balaban J connectivity index is 1.72. The van der Waals surface area contributed by atoms with Gasteiger partial charge in [0.25, 0.3) is 11.6 Å². The minimum absolute atomic E-state index is 0.0254. The van der Waals surface area contributed by atoms with E-state index in [-0.39, 0.29) is 11.6 Å². The molecular formula is C18H17Cl2N3O3. The molecule has 1 fully saturated rings. The van der Waals surface area contributed by atoms with Crippen molar-refractivity contribution in [1.29, 1.82) is 0 Å². The molecule has 1 amide bonds. The van der Waals surface area contributed by atoms with Crippen molar-refractivity contribution in [2.45, 2.75) is 6.92 Å². The van der Waals surface area contributed by atoms with Crippen LogP contribution in [0.25, 0.3) is 0 Å². The third kappa shape index (κ3) is 3.76. The fourth-order valence-corrected chi connectivity index (χ4v) is 3.32. The SMILES string of the molecule is Cc1ccc(C(=O)N2CCN(c3ccc(Cl)cc3[N+](=O)[O-])CC2)cc1Cl. The third-order valence-electron chi connectivity index (χ3n) is 4.46. The Kier molecular flexibility index (Phi) is 5.34. The molecule has 0 saturated carbocycles. The highest BCUT2D eigenvalue weighted by atomic mass is 35.5. The summed E-state index contributed by atoms with van der Waals surface area (Å²) >= 11 is 12.0. The number of nitro groups is 1. The van der Waals surface area contributed by atoms with E-state index in [1.54, 1.807) is 29.2 Å². The number of nitro benzene ring substituents is 1. The number of hydrogen-bond donors (Lipinski definition) is 0. The van der Waals surface area contributed by atoms with Gasteiger partial charge in [-0.2, -0.15) is 0 Å². The van der Waals surface area contributed by atoms with Crippen LogP contribution in [0.15, 0.2) is 36.4 Å². The summed E-state index contributed by atoms with van der Waals surface area (Å²) < 4.78 is 0. The highest BCUT2D eigenvalue weighted by molar-refractivity contribution is 6.31. The number of halogens is 2. The number of carbonyl (C=O) groups is 1.